The average Bonchev–Trinajstić information content (AvgIpc) is 2.40. The summed E-state index contributed by atoms with van der Waals surface area (Å²) in [4.78, 5) is 0. The lowest BCUT2D eigenvalue weighted by atomic mass is 10.1. The van der Waals surface area contributed by atoms with Gasteiger partial charge in [-0.2, -0.15) is 0 Å². The summed E-state index contributed by atoms with van der Waals surface area (Å²) in [6.07, 6.45) is 0. The minimum atomic E-state index is 0.614. The van der Waals surface area contributed by atoms with E-state index in [-0.39, 0.29) is 0 Å². The third-order valence-electron chi connectivity index (χ3n) is 2.96. The molecule has 0 saturated heterocycles. The lowest BCUT2D eigenvalue weighted by molar-refractivity contribution is 0.302. The van der Waals surface area contributed by atoms with E-state index in [0.29, 0.717) is 6.61 Å². The highest BCUT2D eigenvalue weighted by atomic mass is 16.5. The zero-order chi connectivity index (χ0) is 12.8. The van der Waals surface area contributed by atoms with Crippen LogP contribution in [0.1, 0.15) is 16.7 Å². The van der Waals surface area contributed by atoms with Crippen LogP contribution in [0.2, 0.25) is 0 Å². The van der Waals surface area contributed by atoms with E-state index in [1.807, 2.05) is 25.2 Å². The van der Waals surface area contributed by atoms with Gasteiger partial charge in [-0.05, 0) is 36.7 Å². The van der Waals surface area contributed by atoms with Crippen molar-refractivity contribution >= 4 is 0 Å². The molecule has 0 aromatic heterocycles. The average molecular weight is 241 g/mol. The highest BCUT2D eigenvalue weighted by molar-refractivity contribution is 5.33. The van der Waals surface area contributed by atoms with Crippen molar-refractivity contribution in [1.82, 2.24) is 5.32 Å². The van der Waals surface area contributed by atoms with Gasteiger partial charge in [-0.1, -0.05) is 42.5 Å². The number of benzene rings is 2. The summed E-state index contributed by atoms with van der Waals surface area (Å²) in [5.41, 5.74) is 3.69. The second-order valence-corrected chi connectivity index (χ2v) is 4.35. The molecule has 0 radical (unpaired) electrons. The summed E-state index contributed by atoms with van der Waals surface area (Å²) in [6, 6.07) is 16.5. The van der Waals surface area contributed by atoms with Crippen LogP contribution in [-0.2, 0) is 13.2 Å². The molecule has 2 nitrogen and oxygen atoms in total. The number of hydrogen-bond donors (Lipinski definition) is 1. The maximum atomic E-state index is 5.88. The topological polar surface area (TPSA) is 21.3 Å². The van der Waals surface area contributed by atoms with E-state index in [1.165, 1.54) is 16.7 Å². The molecule has 18 heavy (non-hydrogen) atoms. The molecular weight excluding hydrogens is 222 g/mol. The predicted octanol–water partition coefficient (Wildman–Crippen LogP) is 3.29. The minimum absolute atomic E-state index is 0.614. The van der Waals surface area contributed by atoms with E-state index in [9.17, 15) is 0 Å². The molecule has 0 spiro atoms. The van der Waals surface area contributed by atoms with Gasteiger partial charge in [0.2, 0.25) is 0 Å². The molecule has 0 bridgehead atoms. The molecule has 0 aliphatic heterocycles. The zero-order valence-electron chi connectivity index (χ0n) is 10.9. The van der Waals surface area contributed by atoms with Crippen molar-refractivity contribution in [2.75, 3.05) is 7.05 Å². The second kappa shape index (κ2) is 6.22. The van der Waals surface area contributed by atoms with E-state index in [2.05, 4.69) is 42.6 Å². The minimum Gasteiger partial charge on any atom is -0.489 e. The molecule has 0 aliphatic rings. The largest absolute Gasteiger partial charge is 0.489 e. The molecular formula is C16H19NO. The van der Waals surface area contributed by atoms with Crippen molar-refractivity contribution in [2.45, 2.75) is 20.1 Å². The SMILES string of the molecule is CNCc1ccccc1COc1ccccc1C. The van der Waals surface area contributed by atoms with Gasteiger partial charge in [0.15, 0.2) is 0 Å². The van der Waals surface area contributed by atoms with Gasteiger partial charge < -0.3 is 10.1 Å². The van der Waals surface area contributed by atoms with Gasteiger partial charge in [0.25, 0.3) is 0 Å². The number of para-hydroxylation sites is 1. The van der Waals surface area contributed by atoms with Gasteiger partial charge in [-0.15, -0.1) is 0 Å². The molecule has 2 aromatic rings. The molecule has 0 fully saturated rings. The summed E-state index contributed by atoms with van der Waals surface area (Å²) in [5, 5.41) is 3.18. The Morgan fingerprint density at radius 3 is 2.33 bits per heavy atom. The van der Waals surface area contributed by atoms with Crippen molar-refractivity contribution in [3.8, 4) is 5.75 Å². The smallest absolute Gasteiger partial charge is 0.122 e. The van der Waals surface area contributed by atoms with Crippen molar-refractivity contribution < 1.29 is 4.74 Å². The third kappa shape index (κ3) is 3.11. The van der Waals surface area contributed by atoms with Gasteiger partial charge in [0, 0.05) is 6.54 Å². The van der Waals surface area contributed by atoms with Gasteiger partial charge in [0.1, 0.15) is 12.4 Å². The molecule has 0 amide bonds. The van der Waals surface area contributed by atoms with E-state index in [4.69, 9.17) is 4.74 Å². The standard InChI is InChI=1S/C16H19NO/c1-13-7-3-6-10-16(13)18-12-15-9-5-4-8-14(15)11-17-2/h3-10,17H,11-12H2,1-2H3. The Labute approximate surface area is 109 Å². The second-order valence-electron chi connectivity index (χ2n) is 4.35. The highest BCUT2D eigenvalue weighted by Crippen LogP contribution is 2.19. The summed E-state index contributed by atoms with van der Waals surface area (Å²) >= 11 is 0. The molecule has 0 heterocycles. The van der Waals surface area contributed by atoms with Crippen LogP contribution in [-0.4, -0.2) is 7.05 Å². The lowest BCUT2D eigenvalue weighted by Crippen LogP contribution is -2.09. The zero-order valence-corrected chi connectivity index (χ0v) is 10.9. The fraction of sp³-hybridized carbons (Fsp3) is 0.250. The Morgan fingerprint density at radius 1 is 0.944 bits per heavy atom. The van der Waals surface area contributed by atoms with Crippen molar-refractivity contribution in [2.24, 2.45) is 0 Å². The normalized spacial score (nSPS) is 10.3. The molecule has 2 aromatic carbocycles. The van der Waals surface area contributed by atoms with Crippen LogP contribution in [0.25, 0.3) is 0 Å². The summed E-state index contributed by atoms with van der Waals surface area (Å²) in [6.45, 7) is 3.55. The molecule has 2 rings (SSSR count). The van der Waals surface area contributed by atoms with Crippen LogP contribution < -0.4 is 10.1 Å². The van der Waals surface area contributed by atoms with Crippen molar-refractivity contribution in [3.63, 3.8) is 0 Å². The Balaban J connectivity index is 2.08. The van der Waals surface area contributed by atoms with Gasteiger partial charge in [-0.25, -0.2) is 0 Å². The highest BCUT2D eigenvalue weighted by Gasteiger charge is 2.03. The Bertz CT molecular complexity index is 508. The number of rotatable bonds is 5. The first-order chi connectivity index (χ1) is 8.81. The maximum absolute atomic E-state index is 5.88. The van der Waals surface area contributed by atoms with Crippen LogP contribution in [0.4, 0.5) is 0 Å². The summed E-state index contributed by atoms with van der Waals surface area (Å²) in [7, 11) is 1.96. The summed E-state index contributed by atoms with van der Waals surface area (Å²) < 4.78 is 5.88. The van der Waals surface area contributed by atoms with Crippen LogP contribution in [0.5, 0.6) is 5.75 Å². The molecule has 0 saturated carbocycles. The first-order valence-corrected chi connectivity index (χ1v) is 6.21. The Hall–Kier alpha value is -1.80. The van der Waals surface area contributed by atoms with Crippen LogP contribution in [0.3, 0.4) is 0 Å². The first-order valence-electron chi connectivity index (χ1n) is 6.21. The van der Waals surface area contributed by atoms with Gasteiger partial charge >= 0.3 is 0 Å². The number of nitrogens with one attached hydrogen (secondary N) is 1. The van der Waals surface area contributed by atoms with Crippen molar-refractivity contribution in [3.05, 3.63) is 65.2 Å². The van der Waals surface area contributed by atoms with E-state index in [0.717, 1.165) is 12.3 Å². The summed E-state index contributed by atoms with van der Waals surface area (Å²) in [5.74, 6) is 0.955. The fourth-order valence-corrected chi connectivity index (χ4v) is 1.94. The molecule has 94 valence electrons. The Morgan fingerprint density at radius 2 is 1.61 bits per heavy atom. The van der Waals surface area contributed by atoms with Crippen LogP contribution in [0.15, 0.2) is 48.5 Å². The predicted molar refractivity (Wildman–Crippen MR) is 74.7 cm³/mol. The molecule has 0 unspecified atom stereocenters. The first kappa shape index (κ1) is 12.7. The van der Waals surface area contributed by atoms with Crippen molar-refractivity contribution in [1.29, 1.82) is 0 Å². The lowest BCUT2D eigenvalue weighted by Gasteiger charge is -2.12. The Kier molecular flexibility index (Phi) is 4.37. The van der Waals surface area contributed by atoms with E-state index < -0.39 is 0 Å². The molecule has 0 atom stereocenters. The fourth-order valence-electron chi connectivity index (χ4n) is 1.94. The maximum Gasteiger partial charge on any atom is 0.122 e. The number of ether oxygens (including phenoxy) is 1. The quantitative estimate of drug-likeness (QED) is 0.867. The monoisotopic (exact) mass is 241 g/mol. The molecule has 2 heteroatoms. The van der Waals surface area contributed by atoms with Crippen LogP contribution in [0, 0.1) is 6.92 Å². The number of aryl methyl sites for hydroxylation is 1. The third-order valence-corrected chi connectivity index (χ3v) is 2.96. The molecule has 1 N–H and O–H groups in total. The van der Waals surface area contributed by atoms with Gasteiger partial charge in [0.05, 0.1) is 0 Å². The van der Waals surface area contributed by atoms with E-state index in [1.54, 1.807) is 0 Å². The van der Waals surface area contributed by atoms with Crippen LogP contribution >= 0.6 is 0 Å². The molecule has 0 aliphatic carbocycles. The van der Waals surface area contributed by atoms with E-state index >= 15 is 0 Å². The number of hydrogen-bond acceptors (Lipinski definition) is 2. The van der Waals surface area contributed by atoms with Gasteiger partial charge in [-0.3, -0.25) is 0 Å².